The first-order valence-electron chi connectivity index (χ1n) is 7.09. The molecule has 8 heteroatoms. The summed E-state index contributed by atoms with van der Waals surface area (Å²) in [6, 6.07) is 2.33. The zero-order valence-electron chi connectivity index (χ0n) is 12.0. The number of phenols is 2. The van der Waals surface area contributed by atoms with Gasteiger partial charge in [0.25, 0.3) is 0 Å². The van der Waals surface area contributed by atoms with E-state index in [0.717, 1.165) is 0 Å². The molecule has 1 aliphatic rings. The normalized spacial score (nSPS) is 17.4. The summed E-state index contributed by atoms with van der Waals surface area (Å²) in [5.41, 5.74) is 7.33. The van der Waals surface area contributed by atoms with Gasteiger partial charge in [-0.2, -0.15) is 0 Å². The number of aromatic hydroxyl groups is 2. The zero-order chi connectivity index (χ0) is 16.1. The van der Waals surface area contributed by atoms with E-state index in [1.165, 1.54) is 18.5 Å². The highest BCUT2D eigenvalue weighted by Crippen LogP contribution is 2.42. The third-order valence-electron chi connectivity index (χ3n) is 4.18. The summed E-state index contributed by atoms with van der Waals surface area (Å²) in [6.07, 6.45) is 3.63. The molecule has 8 nitrogen and oxygen atoms in total. The van der Waals surface area contributed by atoms with E-state index < -0.39 is 0 Å². The largest absolute Gasteiger partial charge is 0.508 e. The van der Waals surface area contributed by atoms with Crippen molar-refractivity contribution in [1.29, 1.82) is 0 Å². The van der Waals surface area contributed by atoms with Crippen molar-refractivity contribution < 1.29 is 15.0 Å². The Labute approximate surface area is 130 Å². The molecule has 4 rings (SSSR count). The van der Waals surface area contributed by atoms with Crippen LogP contribution in [-0.4, -0.2) is 35.5 Å². The second-order valence-electron chi connectivity index (χ2n) is 5.45. The molecule has 1 aliphatic carbocycles. The Bertz CT molecular complexity index is 950. The molecule has 3 aromatic rings. The maximum atomic E-state index is 12.1. The van der Waals surface area contributed by atoms with Gasteiger partial charge in [-0.25, -0.2) is 15.0 Å². The number of imidazole rings is 1. The Hall–Kier alpha value is -3.16. The fourth-order valence-electron chi connectivity index (χ4n) is 3.14. The first kappa shape index (κ1) is 13.5. The van der Waals surface area contributed by atoms with Gasteiger partial charge in [-0.3, -0.25) is 4.79 Å². The molecular formula is C15H13N5O3. The van der Waals surface area contributed by atoms with Gasteiger partial charge in [-0.05, 0) is 18.6 Å². The van der Waals surface area contributed by atoms with Crippen molar-refractivity contribution in [2.24, 2.45) is 0 Å². The van der Waals surface area contributed by atoms with E-state index in [2.05, 4.69) is 15.0 Å². The predicted molar refractivity (Wildman–Crippen MR) is 81.2 cm³/mol. The van der Waals surface area contributed by atoms with Crippen LogP contribution in [0.1, 0.15) is 34.8 Å². The van der Waals surface area contributed by atoms with Gasteiger partial charge < -0.3 is 20.5 Å². The number of nitrogen functional groups attached to an aromatic ring is 1. The number of nitrogens with zero attached hydrogens (tertiary/aromatic N) is 4. The number of hydrogen-bond acceptors (Lipinski definition) is 7. The zero-order valence-corrected chi connectivity index (χ0v) is 12.0. The van der Waals surface area contributed by atoms with Gasteiger partial charge in [0, 0.05) is 12.0 Å². The van der Waals surface area contributed by atoms with Crippen LogP contribution in [0.25, 0.3) is 11.2 Å². The number of carbonyl (C=O) groups is 1. The number of Topliss-reactive ketones (excluding diaryl/α,β-unsaturated/α-hetero) is 1. The lowest BCUT2D eigenvalue weighted by atomic mass is 9.85. The average molecular weight is 311 g/mol. The van der Waals surface area contributed by atoms with Crippen LogP contribution in [0.3, 0.4) is 0 Å². The van der Waals surface area contributed by atoms with Crippen molar-refractivity contribution in [3.05, 3.63) is 35.9 Å². The van der Waals surface area contributed by atoms with Crippen LogP contribution < -0.4 is 5.73 Å². The Morgan fingerprint density at radius 2 is 1.96 bits per heavy atom. The first-order valence-corrected chi connectivity index (χ1v) is 7.09. The van der Waals surface area contributed by atoms with Crippen LogP contribution in [0.2, 0.25) is 0 Å². The summed E-state index contributed by atoms with van der Waals surface area (Å²) >= 11 is 0. The molecule has 23 heavy (non-hydrogen) atoms. The third-order valence-corrected chi connectivity index (χ3v) is 4.18. The van der Waals surface area contributed by atoms with Gasteiger partial charge in [0.2, 0.25) is 0 Å². The monoisotopic (exact) mass is 311 g/mol. The molecule has 116 valence electrons. The molecule has 0 unspecified atom stereocenters. The number of hydrogen-bond donors (Lipinski definition) is 3. The number of fused-ring (bicyclic) bond motifs is 2. The van der Waals surface area contributed by atoms with Crippen molar-refractivity contribution in [3.63, 3.8) is 0 Å². The maximum Gasteiger partial charge on any atom is 0.167 e. The number of rotatable bonds is 1. The molecule has 0 radical (unpaired) electrons. The Morgan fingerprint density at radius 3 is 2.78 bits per heavy atom. The molecular weight excluding hydrogens is 298 g/mol. The first-order chi connectivity index (χ1) is 11.1. The van der Waals surface area contributed by atoms with Gasteiger partial charge >= 0.3 is 0 Å². The Balaban J connectivity index is 1.98. The standard InChI is InChI=1S/C15H13N5O3/c16-14-13-15(18-5-17-14)20(6-19-13)7-1-2-9(22)12-10(23)4-3-8(21)11(7)12/h3-7,21,23H,1-2H2,(H2,16,17,18)/t7-/m0/s1. The SMILES string of the molecule is Nc1ncnc2c1ncn2[C@H]1CCC(=O)c2c(O)ccc(O)c21. The van der Waals surface area contributed by atoms with Crippen molar-refractivity contribution in [2.45, 2.75) is 18.9 Å². The second-order valence-corrected chi connectivity index (χ2v) is 5.45. The van der Waals surface area contributed by atoms with Gasteiger partial charge in [-0.15, -0.1) is 0 Å². The smallest absolute Gasteiger partial charge is 0.167 e. The number of ketones is 1. The maximum absolute atomic E-state index is 12.1. The molecule has 1 atom stereocenters. The van der Waals surface area contributed by atoms with E-state index in [1.807, 2.05) is 0 Å². The van der Waals surface area contributed by atoms with E-state index in [4.69, 9.17) is 5.73 Å². The molecule has 0 saturated carbocycles. The van der Waals surface area contributed by atoms with Crippen LogP contribution in [0, 0.1) is 0 Å². The molecule has 2 heterocycles. The summed E-state index contributed by atoms with van der Waals surface area (Å²) < 4.78 is 1.75. The molecule has 0 bridgehead atoms. The highest BCUT2D eigenvalue weighted by Gasteiger charge is 2.33. The van der Waals surface area contributed by atoms with Gasteiger partial charge in [-0.1, -0.05) is 0 Å². The van der Waals surface area contributed by atoms with Gasteiger partial charge in [0.15, 0.2) is 17.2 Å². The molecule has 0 spiro atoms. The number of phenolic OH excluding ortho intramolecular Hbond substituents is 2. The van der Waals surface area contributed by atoms with Crippen LogP contribution >= 0.6 is 0 Å². The van der Waals surface area contributed by atoms with Crippen LogP contribution in [0.4, 0.5) is 5.82 Å². The van der Waals surface area contributed by atoms with Gasteiger partial charge in [0.05, 0.1) is 17.9 Å². The lowest BCUT2D eigenvalue weighted by Crippen LogP contribution is -2.21. The van der Waals surface area contributed by atoms with Crippen molar-refractivity contribution in [3.8, 4) is 11.5 Å². The molecule has 0 amide bonds. The minimum Gasteiger partial charge on any atom is -0.508 e. The summed E-state index contributed by atoms with van der Waals surface area (Å²) in [6.45, 7) is 0. The van der Waals surface area contributed by atoms with E-state index in [0.29, 0.717) is 23.1 Å². The molecule has 0 aliphatic heterocycles. The van der Waals surface area contributed by atoms with Crippen molar-refractivity contribution in [2.75, 3.05) is 5.73 Å². The molecule has 0 fully saturated rings. The lowest BCUT2D eigenvalue weighted by Gasteiger charge is -2.27. The van der Waals surface area contributed by atoms with E-state index in [9.17, 15) is 15.0 Å². The topological polar surface area (TPSA) is 127 Å². The van der Waals surface area contributed by atoms with Crippen LogP contribution in [0.15, 0.2) is 24.8 Å². The quantitative estimate of drug-likeness (QED) is 0.579. The minimum atomic E-state index is -0.367. The lowest BCUT2D eigenvalue weighted by molar-refractivity contribution is 0.0960. The Morgan fingerprint density at radius 1 is 1.17 bits per heavy atom. The van der Waals surface area contributed by atoms with Crippen LogP contribution in [-0.2, 0) is 0 Å². The average Bonchev–Trinajstić information content (AvgIpc) is 2.96. The summed E-state index contributed by atoms with van der Waals surface area (Å²) in [4.78, 5) is 24.5. The number of aromatic nitrogens is 4. The second kappa shape index (κ2) is 4.67. The number of anilines is 1. The third kappa shape index (κ3) is 1.84. The van der Waals surface area contributed by atoms with Crippen molar-refractivity contribution >= 4 is 22.8 Å². The number of carbonyl (C=O) groups excluding carboxylic acids is 1. The predicted octanol–water partition coefficient (Wildman–Crippen LogP) is 1.39. The van der Waals surface area contributed by atoms with Crippen molar-refractivity contribution in [1.82, 2.24) is 19.5 Å². The molecule has 1 aromatic carbocycles. The van der Waals surface area contributed by atoms with Crippen LogP contribution in [0.5, 0.6) is 11.5 Å². The molecule has 2 aromatic heterocycles. The highest BCUT2D eigenvalue weighted by atomic mass is 16.3. The van der Waals surface area contributed by atoms with E-state index in [1.54, 1.807) is 10.9 Å². The fourth-order valence-corrected chi connectivity index (χ4v) is 3.14. The molecule has 0 saturated heterocycles. The van der Waals surface area contributed by atoms with E-state index >= 15 is 0 Å². The number of nitrogens with two attached hydrogens (primary N) is 1. The van der Waals surface area contributed by atoms with E-state index in [-0.39, 0.29) is 41.1 Å². The summed E-state index contributed by atoms with van der Waals surface area (Å²) in [7, 11) is 0. The summed E-state index contributed by atoms with van der Waals surface area (Å²) in [5.74, 6) is -0.102. The highest BCUT2D eigenvalue weighted by molar-refractivity contribution is 6.02. The molecule has 4 N–H and O–H groups in total. The number of benzene rings is 1. The fraction of sp³-hybridized carbons (Fsp3) is 0.200. The summed E-state index contributed by atoms with van der Waals surface area (Å²) in [5, 5.41) is 20.3. The Kier molecular flexibility index (Phi) is 2.74. The van der Waals surface area contributed by atoms with Gasteiger partial charge in [0.1, 0.15) is 23.3 Å². The minimum absolute atomic E-state index is 0.0419.